The second kappa shape index (κ2) is 11.8. The maximum atomic E-state index is 12.2. The van der Waals surface area contributed by atoms with Crippen LogP contribution >= 0.6 is 0 Å². The van der Waals surface area contributed by atoms with Gasteiger partial charge in [-0.15, -0.1) is 0 Å². The fourth-order valence-electron chi connectivity index (χ4n) is 4.48. The van der Waals surface area contributed by atoms with Crippen molar-refractivity contribution in [2.45, 2.75) is 65.6 Å². The van der Waals surface area contributed by atoms with Crippen molar-refractivity contribution < 1.29 is 9.53 Å². The van der Waals surface area contributed by atoms with Crippen molar-refractivity contribution in [2.24, 2.45) is 0 Å². The van der Waals surface area contributed by atoms with Gasteiger partial charge in [0.25, 0.3) is 0 Å². The van der Waals surface area contributed by atoms with Crippen molar-refractivity contribution in [3.8, 4) is 5.75 Å². The lowest BCUT2D eigenvalue weighted by Crippen LogP contribution is -2.38. The third-order valence-corrected chi connectivity index (χ3v) is 6.23. The molecule has 0 unspecified atom stereocenters. The molecule has 1 atom stereocenters. The maximum Gasteiger partial charge on any atom is 0.159 e. The van der Waals surface area contributed by atoms with E-state index in [0.717, 1.165) is 35.4 Å². The largest absolute Gasteiger partial charge is 0.489 e. The highest BCUT2D eigenvalue weighted by atomic mass is 16.5. The Hall–Kier alpha value is -2.91. The molecule has 0 aliphatic carbocycles. The summed E-state index contributed by atoms with van der Waals surface area (Å²) in [5.41, 5.74) is 4.18. The van der Waals surface area contributed by atoms with E-state index in [1.165, 1.54) is 5.56 Å². The summed E-state index contributed by atoms with van der Waals surface area (Å²) in [7, 11) is 0. The standard InChI is InChI=1S/C30H37NO2/c1-22(2)31(23(3)4)19-18-28(26-14-10-7-11-15-26)29-20-27(24(5)32)16-17-30(29)33-21-25-12-8-6-9-13-25/h6-17,20,22-23,28H,18-19,21H2,1-5H3/t28-/m1/s1. The molecule has 0 radical (unpaired) electrons. The Morgan fingerprint density at radius 1 is 0.848 bits per heavy atom. The fraction of sp³-hybridized carbons (Fsp3) is 0.367. The van der Waals surface area contributed by atoms with Gasteiger partial charge in [-0.25, -0.2) is 0 Å². The first kappa shape index (κ1) is 24.7. The molecule has 0 N–H and O–H groups in total. The number of hydrogen-bond donors (Lipinski definition) is 0. The third kappa shape index (κ3) is 6.79. The van der Waals surface area contributed by atoms with Crippen LogP contribution in [0.25, 0.3) is 0 Å². The lowest BCUT2D eigenvalue weighted by Gasteiger charge is -2.32. The third-order valence-electron chi connectivity index (χ3n) is 6.23. The van der Waals surface area contributed by atoms with E-state index in [9.17, 15) is 4.79 Å². The minimum absolute atomic E-state index is 0.0728. The van der Waals surface area contributed by atoms with E-state index in [2.05, 4.69) is 69.0 Å². The Kier molecular flexibility index (Phi) is 8.85. The SMILES string of the molecule is CC(=O)c1ccc(OCc2ccccc2)c([C@H](CCN(C(C)C)C(C)C)c2ccccc2)c1. The summed E-state index contributed by atoms with van der Waals surface area (Å²) in [6, 6.07) is 27.6. The quantitative estimate of drug-likeness (QED) is 0.296. The first-order valence-electron chi connectivity index (χ1n) is 12.0. The molecule has 0 aliphatic rings. The highest BCUT2D eigenvalue weighted by Crippen LogP contribution is 2.36. The van der Waals surface area contributed by atoms with Gasteiger partial charge >= 0.3 is 0 Å². The highest BCUT2D eigenvalue weighted by Gasteiger charge is 2.23. The van der Waals surface area contributed by atoms with Crippen LogP contribution in [0.3, 0.4) is 0 Å². The molecule has 174 valence electrons. The van der Waals surface area contributed by atoms with Crippen molar-refractivity contribution in [1.29, 1.82) is 0 Å². The van der Waals surface area contributed by atoms with Crippen molar-refractivity contribution >= 4 is 5.78 Å². The smallest absolute Gasteiger partial charge is 0.159 e. The van der Waals surface area contributed by atoms with Gasteiger partial charge in [-0.05, 0) is 76.9 Å². The number of Topliss-reactive ketones (excluding diaryl/α,β-unsaturated/α-hetero) is 1. The van der Waals surface area contributed by atoms with E-state index in [-0.39, 0.29) is 11.7 Å². The molecule has 3 nitrogen and oxygen atoms in total. The summed E-state index contributed by atoms with van der Waals surface area (Å²) in [6.45, 7) is 12.1. The second-order valence-electron chi connectivity index (χ2n) is 9.26. The first-order valence-corrected chi connectivity index (χ1v) is 12.0. The normalized spacial score (nSPS) is 12.4. The van der Waals surface area contributed by atoms with Crippen LogP contribution in [0, 0.1) is 0 Å². The van der Waals surface area contributed by atoms with Gasteiger partial charge in [-0.2, -0.15) is 0 Å². The number of hydrogen-bond acceptors (Lipinski definition) is 3. The summed E-state index contributed by atoms with van der Waals surface area (Å²) in [5.74, 6) is 1.05. The second-order valence-corrected chi connectivity index (χ2v) is 9.26. The molecule has 3 heteroatoms. The zero-order valence-electron chi connectivity index (χ0n) is 20.6. The summed E-state index contributed by atoms with van der Waals surface area (Å²) in [5, 5.41) is 0. The highest BCUT2D eigenvalue weighted by molar-refractivity contribution is 5.94. The van der Waals surface area contributed by atoms with Crippen LogP contribution in [-0.4, -0.2) is 29.3 Å². The van der Waals surface area contributed by atoms with Crippen LogP contribution in [0.1, 0.15) is 74.0 Å². The Morgan fingerprint density at radius 3 is 2.03 bits per heavy atom. The van der Waals surface area contributed by atoms with Crippen molar-refractivity contribution in [3.05, 3.63) is 101 Å². The fourth-order valence-corrected chi connectivity index (χ4v) is 4.48. The molecule has 0 amide bonds. The Balaban J connectivity index is 1.99. The van der Waals surface area contributed by atoms with Gasteiger partial charge in [-0.1, -0.05) is 60.7 Å². The monoisotopic (exact) mass is 443 g/mol. The van der Waals surface area contributed by atoms with E-state index < -0.39 is 0 Å². The predicted molar refractivity (Wildman–Crippen MR) is 137 cm³/mol. The molecule has 3 aromatic rings. The van der Waals surface area contributed by atoms with Gasteiger partial charge in [0.1, 0.15) is 12.4 Å². The van der Waals surface area contributed by atoms with Crippen LogP contribution in [0.2, 0.25) is 0 Å². The average Bonchev–Trinajstić information content (AvgIpc) is 2.81. The predicted octanol–water partition coefficient (Wildman–Crippen LogP) is 7.11. The molecule has 0 aromatic heterocycles. The van der Waals surface area contributed by atoms with Crippen LogP contribution in [0.15, 0.2) is 78.9 Å². The summed E-state index contributed by atoms with van der Waals surface area (Å²) < 4.78 is 6.34. The van der Waals surface area contributed by atoms with Crippen molar-refractivity contribution in [1.82, 2.24) is 4.90 Å². The number of ketones is 1. The molecule has 3 rings (SSSR count). The lowest BCUT2D eigenvalue weighted by atomic mass is 9.86. The molecule has 0 saturated carbocycles. The van der Waals surface area contributed by atoms with Gasteiger partial charge in [0.15, 0.2) is 5.78 Å². The van der Waals surface area contributed by atoms with E-state index in [1.54, 1.807) is 6.92 Å². The number of rotatable bonds is 11. The van der Waals surface area contributed by atoms with Crippen LogP contribution in [0.4, 0.5) is 0 Å². The van der Waals surface area contributed by atoms with E-state index in [1.807, 2.05) is 42.5 Å². The minimum atomic E-state index is 0.0728. The van der Waals surface area contributed by atoms with Crippen molar-refractivity contribution in [3.63, 3.8) is 0 Å². The molecular formula is C30H37NO2. The van der Waals surface area contributed by atoms with Crippen LogP contribution in [-0.2, 0) is 6.61 Å². The average molecular weight is 444 g/mol. The molecule has 0 fully saturated rings. The maximum absolute atomic E-state index is 12.2. The van der Waals surface area contributed by atoms with Gasteiger partial charge in [0, 0.05) is 29.1 Å². The topological polar surface area (TPSA) is 29.5 Å². The Labute approximate surface area is 199 Å². The number of benzene rings is 3. The van der Waals surface area contributed by atoms with Gasteiger partial charge < -0.3 is 4.74 Å². The Bertz CT molecular complexity index is 1000. The van der Waals surface area contributed by atoms with Crippen molar-refractivity contribution in [2.75, 3.05) is 6.54 Å². The van der Waals surface area contributed by atoms with E-state index in [0.29, 0.717) is 18.7 Å². The van der Waals surface area contributed by atoms with Crippen LogP contribution < -0.4 is 4.74 Å². The van der Waals surface area contributed by atoms with Gasteiger partial charge in [0.2, 0.25) is 0 Å². The molecular weight excluding hydrogens is 406 g/mol. The number of carbonyl (C=O) groups is 1. The number of carbonyl (C=O) groups excluding carboxylic acids is 1. The molecule has 0 saturated heterocycles. The lowest BCUT2D eigenvalue weighted by molar-refractivity contribution is 0.101. The van der Waals surface area contributed by atoms with Crippen LogP contribution in [0.5, 0.6) is 5.75 Å². The molecule has 0 bridgehead atoms. The number of ether oxygens (including phenoxy) is 1. The molecule has 3 aromatic carbocycles. The van der Waals surface area contributed by atoms with Gasteiger partial charge in [0.05, 0.1) is 0 Å². The molecule has 0 aliphatic heterocycles. The zero-order chi connectivity index (χ0) is 23.8. The minimum Gasteiger partial charge on any atom is -0.489 e. The zero-order valence-corrected chi connectivity index (χ0v) is 20.6. The van der Waals surface area contributed by atoms with E-state index >= 15 is 0 Å². The Morgan fingerprint density at radius 2 is 1.45 bits per heavy atom. The van der Waals surface area contributed by atoms with Gasteiger partial charge in [-0.3, -0.25) is 9.69 Å². The summed E-state index contributed by atoms with van der Waals surface area (Å²) >= 11 is 0. The molecule has 33 heavy (non-hydrogen) atoms. The summed E-state index contributed by atoms with van der Waals surface area (Å²) in [4.78, 5) is 14.8. The molecule has 0 spiro atoms. The van der Waals surface area contributed by atoms with E-state index in [4.69, 9.17) is 4.74 Å². The molecule has 0 heterocycles. The first-order chi connectivity index (χ1) is 15.9. The summed E-state index contributed by atoms with van der Waals surface area (Å²) in [6.07, 6.45) is 0.948. The number of nitrogens with zero attached hydrogens (tertiary/aromatic N) is 1.